The molecule has 2 heterocycles. The molecule has 6 heteroatoms. The number of ether oxygens (including phenoxy) is 1. The maximum absolute atomic E-state index is 12.7. The molecular formula is C22H23NO5. The van der Waals surface area contributed by atoms with E-state index in [-0.39, 0.29) is 27.9 Å². The summed E-state index contributed by atoms with van der Waals surface area (Å²) in [4.78, 5) is 15.2. The van der Waals surface area contributed by atoms with Crippen molar-refractivity contribution in [3.63, 3.8) is 0 Å². The van der Waals surface area contributed by atoms with E-state index in [2.05, 4.69) is 4.90 Å². The minimum atomic E-state index is -0.349. The van der Waals surface area contributed by atoms with Gasteiger partial charge in [-0.25, -0.2) is 0 Å². The largest absolute Gasteiger partial charge is 0.508 e. The topological polar surface area (TPSA) is 83.1 Å². The third kappa shape index (κ3) is 3.82. The highest BCUT2D eigenvalue weighted by molar-refractivity contribution is 5.87. The van der Waals surface area contributed by atoms with Crippen LogP contribution in [0.15, 0.2) is 51.9 Å². The molecule has 0 unspecified atom stereocenters. The summed E-state index contributed by atoms with van der Waals surface area (Å²) in [5.74, 6) is 0.291. The van der Waals surface area contributed by atoms with Crippen molar-refractivity contribution >= 4 is 11.0 Å². The van der Waals surface area contributed by atoms with Gasteiger partial charge in [0.2, 0.25) is 5.43 Å². The van der Waals surface area contributed by atoms with Gasteiger partial charge >= 0.3 is 0 Å². The summed E-state index contributed by atoms with van der Waals surface area (Å²) in [6.45, 7) is 4.11. The Balaban J connectivity index is 1.46. The number of aromatic hydroxyl groups is 2. The fourth-order valence-electron chi connectivity index (χ4n) is 3.63. The van der Waals surface area contributed by atoms with E-state index in [9.17, 15) is 15.0 Å². The van der Waals surface area contributed by atoms with Crippen LogP contribution >= 0.6 is 0 Å². The Labute approximate surface area is 162 Å². The van der Waals surface area contributed by atoms with E-state index in [1.54, 1.807) is 12.1 Å². The zero-order chi connectivity index (χ0) is 19.5. The smallest absolute Gasteiger partial charge is 0.204 e. The number of rotatable bonds is 6. The Morgan fingerprint density at radius 1 is 1.07 bits per heavy atom. The van der Waals surface area contributed by atoms with Crippen LogP contribution in [0.2, 0.25) is 0 Å². The van der Waals surface area contributed by atoms with Crippen LogP contribution in [0.4, 0.5) is 0 Å². The van der Waals surface area contributed by atoms with Crippen LogP contribution in [-0.2, 0) is 0 Å². The van der Waals surface area contributed by atoms with Crippen molar-refractivity contribution in [3.8, 4) is 28.4 Å². The summed E-state index contributed by atoms with van der Waals surface area (Å²) in [6, 6.07) is 9.68. The highest BCUT2D eigenvalue weighted by atomic mass is 16.5. The summed E-state index contributed by atoms with van der Waals surface area (Å²) in [5.41, 5.74) is 0.809. The van der Waals surface area contributed by atoms with E-state index in [1.165, 1.54) is 38.3 Å². The second kappa shape index (κ2) is 7.94. The van der Waals surface area contributed by atoms with Crippen LogP contribution in [0, 0.1) is 0 Å². The predicted molar refractivity (Wildman–Crippen MR) is 107 cm³/mol. The lowest BCUT2D eigenvalue weighted by Crippen LogP contribution is -2.21. The predicted octanol–water partition coefficient (Wildman–Crippen LogP) is 3.74. The summed E-state index contributed by atoms with van der Waals surface area (Å²) >= 11 is 0. The Hall–Kier alpha value is -2.99. The molecule has 1 aliphatic rings. The fraction of sp³-hybridized carbons (Fsp3) is 0.318. The normalized spacial score (nSPS) is 14.6. The molecule has 1 saturated heterocycles. The van der Waals surface area contributed by atoms with E-state index in [4.69, 9.17) is 9.15 Å². The molecule has 0 spiro atoms. The molecule has 4 rings (SSSR count). The van der Waals surface area contributed by atoms with Gasteiger partial charge < -0.3 is 24.3 Å². The van der Waals surface area contributed by atoms with Gasteiger partial charge in [0.1, 0.15) is 34.5 Å². The molecule has 146 valence electrons. The number of phenols is 2. The van der Waals surface area contributed by atoms with Crippen molar-refractivity contribution in [1.82, 2.24) is 4.90 Å². The maximum Gasteiger partial charge on any atom is 0.204 e. The molecule has 0 amide bonds. The van der Waals surface area contributed by atoms with Gasteiger partial charge in [0.25, 0.3) is 0 Å². The molecular weight excluding hydrogens is 358 g/mol. The monoisotopic (exact) mass is 381 g/mol. The SMILES string of the molecule is O=c1c(-c2ccc(OCCCN3CCCC3)cc2)coc2cc(O)cc(O)c12. The van der Waals surface area contributed by atoms with Crippen molar-refractivity contribution < 1.29 is 19.4 Å². The van der Waals surface area contributed by atoms with Crippen molar-refractivity contribution in [2.75, 3.05) is 26.2 Å². The molecule has 1 fully saturated rings. The minimum absolute atomic E-state index is 0.0533. The number of fused-ring (bicyclic) bond motifs is 1. The summed E-state index contributed by atoms with van der Waals surface area (Å²) in [5, 5.41) is 19.6. The molecule has 28 heavy (non-hydrogen) atoms. The lowest BCUT2D eigenvalue weighted by Gasteiger charge is -2.14. The van der Waals surface area contributed by atoms with Crippen LogP contribution in [0.5, 0.6) is 17.2 Å². The molecule has 0 saturated carbocycles. The average Bonchev–Trinajstić information content (AvgIpc) is 3.19. The highest BCUT2D eigenvalue weighted by Gasteiger charge is 2.14. The third-order valence-corrected chi connectivity index (χ3v) is 5.09. The number of hydrogen-bond acceptors (Lipinski definition) is 6. The Morgan fingerprint density at radius 2 is 1.82 bits per heavy atom. The van der Waals surface area contributed by atoms with Gasteiger partial charge in [-0.2, -0.15) is 0 Å². The summed E-state index contributed by atoms with van der Waals surface area (Å²) < 4.78 is 11.2. The number of phenolic OH excluding ortho intramolecular Hbond substituents is 2. The number of nitrogens with zero attached hydrogens (tertiary/aromatic N) is 1. The van der Waals surface area contributed by atoms with Crippen molar-refractivity contribution in [3.05, 3.63) is 52.9 Å². The second-order valence-corrected chi connectivity index (χ2v) is 7.09. The summed E-state index contributed by atoms with van der Waals surface area (Å²) in [6.07, 6.45) is 4.92. The van der Waals surface area contributed by atoms with Gasteiger partial charge in [-0.05, 0) is 50.0 Å². The molecule has 2 N–H and O–H groups in total. The third-order valence-electron chi connectivity index (χ3n) is 5.09. The van der Waals surface area contributed by atoms with Gasteiger partial charge in [-0.3, -0.25) is 4.79 Å². The van der Waals surface area contributed by atoms with Gasteiger partial charge in [-0.15, -0.1) is 0 Å². The van der Waals surface area contributed by atoms with E-state index < -0.39 is 0 Å². The minimum Gasteiger partial charge on any atom is -0.508 e. The van der Waals surface area contributed by atoms with Crippen molar-refractivity contribution in [2.45, 2.75) is 19.3 Å². The molecule has 1 aliphatic heterocycles. The lowest BCUT2D eigenvalue weighted by molar-refractivity contribution is 0.263. The van der Waals surface area contributed by atoms with Crippen LogP contribution in [0.3, 0.4) is 0 Å². The molecule has 0 radical (unpaired) electrons. The quantitative estimate of drug-likeness (QED) is 0.633. The first-order chi connectivity index (χ1) is 13.6. The van der Waals surface area contributed by atoms with Crippen LogP contribution in [0.1, 0.15) is 19.3 Å². The molecule has 6 nitrogen and oxygen atoms in total. The van der Waals surface area contributed by atoms with E-state index in [0.717, 1.165) is 24.8 Å². The van der Waals surface area contributed by atoms with Crippen molar-refractivity contribution in [2.24, 2.45) is 0 Å². The highest BCUT2D eigenvalue weighted by Crippen LogP contribution is 2.30. The van der Waals surface area contributed by atoms with E-state index >= 15 is 0 Å². The van der Waals surface area contributed by atoms with E-state index in [1.807, 2.05) is 12.1 Å². The van der Waals surface area contributed by atoms with Gasteiger partial charge in [-0.1, -0.05) is 12.1 Å². The van der Waals surface area contributed by atoms with Crippen LogP contribution < -0.4 is 10.2 Å². The van der Waals surface area contributed by atoms with Gasteiger partial charge in [0.15, 0.2) is 0 Å². The molecule has 3 aromatic rings. The zero-order valence-electron chi connectivity index (χ0n) is 15.6. The Morgan fingerprint density at radius 3 is 2.57 bits per heavy atom. The first kappa shape index (κ1) is 18.4. The first-order valence-corrected chi connectivity index (χ1v) is 9.55. The van der Waals surface area contributed by atoms with Gasteiger partial charge in [0, 0.05) is 18.7 Å². The maximum atomic E-state index is 12.7. The molecule has 0 bridgehead atoms. The molecule has 2 aromatic carbocycles. The Bertz CT molecular complexity index is 1020. The first-order valence-electron chi connectivity index (χ1n) is 9.55. The zero-order valence-corrected chi connectivity index (χ0v) is 15.6. The van der Waals surface area contributed by atoms with Crippen LogP contribution in [0.25, 0.3) is 22.1 Å². The Kier molecular flexibility index (Phi) is 5.21. The molecule has 1 aromatic heterocycles. The van der Waals surface area contributed by atoms with E-state index in [0.29, 0.717) is 17.7 Å². The standard InChI is InChI=1S/C22H23NO5/c24-16-12-19(25)21-20(13-16)28-14-18(22(21)26)15-4-6-17(7-5-15)27-11-3-10-23-8-1-2-9-23/h4-7,12-14,24-25H,1-3,8-11H2. The summed E-state index contributed by atoms with van der Waals surface area (Å²) in [7, 11) is 0. The number of hydrogen-bond donors (Lipinski definition) is 2. The number of benzene rings is 2. The average molecular weight is 381 g/mol. The van der Waals surface area contributed by atoms with Gasteiger partial charge in [0.05, 0.1) is 12.2 Å². The molecule has 0 aliphatic carbocycles. The lowest BCUT2D eigenvalue weighted by atomic mass is 10.0. The molecule has 0 atom stereocenters. The van der Waals surface area contributed by atoms with Crippen LogP contribution in [-0.4, -0.2) is 41.4 Å². The number of likely N-dealkylation sites (tertiary alicyclic amines) is 1. The van der Waals surface area contributed by atoms with Crippen molar-refractivity contribution in [1.29, 1.82) is 0 Å². The second-order valence-electron chi connectivity index (χ2n) is 7.09. The fourth-order valence-corrected chi connectivity index (χ4v) is 3.63.